The molecular weight excluding hydrogens is 781 g/mol. The molecule has 10 nitrogen and oxygen atoms in total. The van der Waals surface area contributed by atoms with E-state index in [1.807, 2.05) is 127 Å². The van der Waals surface area contributed by atoms with Gasteiger partial charge in [-0.1, -0.05) is 160 Å². The zero-order chi connectivity index (χ0) is 42.9. The molecule has 0 spiro atoms. The first kappa shape index (κ1) is 44.6. The zero-order valence-corrected chi connectivity index (χ0v) is 35.9. The van der Waals surface area contributed by atoms with E-state index in [4.69, 9.17) is 38.9 Å². The molecule has 10 heteroatoms. The van der Waals surface area contributed by atoms with Crippen LogP contribution in [-0.2, 0) is 57.2 Å². The molecule has 1 fully saturated rings. The molecule has 0 bridgehead atoms. The van der Waals surface area contributed by atoms with Gasteiger partial charge in [0.25, 0.3) is 5.56 Å². The van der Waals surface area contributed by atoms with Crippen LogP contribution in [0.15, 0.2) is 144 Å². The van der Waals surface area contributed by atoms with Crippen molar-refractivity contribution in [3.63, 3.8) is 0 Å². The number of hydrogen-bond acceptors (Lipinski definition) is 9. The molecule has 1 aliphatic heterocycles. The number of anilines is 1. The van der Waals surface area contributed by atoms with E-state index in [0.717, 1.165) is 41.5 Å². The van der Waals surface area contributed by atoms with Crippen molar-refractivity contribution in [3.8, 4) is 11.5 Å². The standard InChI is InChI=1S/C52H60N2O8/c1-3-4-5-6-7-20-31-57-49-46(43-30-29-42(53)32-44(43)54(2)51(49)55)62-52-50(60-36-41-27-18-11-19-28-41)48(59-35-40-25-16-10-17-26-40)47(58-34-39-23-14-9-15-24-39)45(61-52)37-56-33-38-21-12-8-13-22-38/h8-19,21-30,32,45,47-48,50,52H,3-7,20,31,33-37,53H2,1-2H3/t45-,47+,48+,50-,52+/m1/s1. The van der Waals surface area contributed by atoms with E-state index in [-0.39, 0.29) is 36.9 Å². The molecule has 5 atom stereocenters. The fourth-order valence-electron chi connectivity index (χ4n) is 7.76. The molecule has 62 heavy (non-hydrogen) atoms. The second-order valence-electron chi connectivity index (χ2n) is 15.9. The minimum absolute atomic E-state index is 0.102. The third-order valence-electron chi connectivity index (χ3n) is 11.2. The topological polar surface area (TPSA) is 113 Å². The van der Waals surface area contributed by atoms with Gasteiger partial charge in [0.05, 0.1) is 45.2 Å². The third kappa shape index (κ3) is 12.1. The van der Waals surface area contributed by atoms with Crippen molar-refractivity contribution in [2.24, 2.45) is 7.05 Å². The Hall–Kier alpha value is -5.49. The number of pyridine rings is 1. The van der Waals surface area contributed by atoms with Gasteiger partial charge in [-0.25, -0.2) is 0 Å². The number of nitrogens with zero attached hydrogens (tertiary/aromatic N) is 1. The molecule has 1 aliphatic rings. The molecule has 0 saturated carbocycles. The maximum absolute atomic E-state index is 14.3. The SMILES string of the molecule is CCCCCCCCOc1c(O[C@@H]2O[C@H](COCc3ccccc3)[C@H](OCc3ccccc3)[C@H](OCc3ccccc3)[C@H]2OCc2ccccc2)c2ccc(N)cc2n(C)c1=O. The third-order valence-corrected chi connectivity index (χ3v) is 11.2. The summed E-state index contributed by atoms with van der Waals surface area (Å²) in [6, 6.07) is 45.4. The average Bonchev–Trinajstić information content (AvgIpc) is 3.31. The average molecular weight is 841 g/mol. The number of aryl methyl sites for hydroxylation is 1. The van der Waals surface area contributed by atoms with E-state index in [9.17, 15) is 4.79 Å². The van der Waals surface area contributed by atoms with Gasteiger partial charge in [0.15, 0.2) is 5.75 Å². The van der Waals surface area contributed by atoms with Gasteiger partial charge in [-0.2, -0.15) is 0 Å². The van der Waals surface area contributed by atoms with E-state index in [1.54, 1.807) is 23.7 Å². The molecule has 0 amide bonds. The van der Waals surface area contributed by atoms with Gasteiger partial charge in [-0.05, 0) is 46.9 Å². The number of aromatic nitrogens is 1. The van der Waals surface area contributed by atoms with E-state index < -0.39 is 30.7 Å². The lowest BCUT2D eigenvalue weighted by atomic mass is 9.97. The molecular formula is C52H60N2O8. The Morgan fingerprint density at radius 1 is 0.597 bits per heavy atom. The number of unbranched alkanes of at least 4 members (excludes halogenated alkanes) is 5. The molecule has 0 unspecified atom stereocenters. The number of nitrogens with two attached hydrogens (primary N) is 1. The van der Waals surface area contributed by atoms with Gasteiger partial charge < -0.3 is 43.5 Å². The zero-order valence-electron chi connectivity index (χ0n) is 35.9. The summed E-state index contributed by atoms with van der Waals surface area (Å²) in [5.41, 5.74) is 11.0. The van der Waals surface area contributed by atoms with Crippen LogP contribution in [0, 0.1) is 0 Å². The Labute approximate surface area is 365 Å². The summed E-state index contributed by atoms with van der Waals surface area (Å²) in [5.74, 6) is 0.353. The van der Waals surface area contributed by atoms with Gasteiger partial charge >= 0.3 is 0 Å². The highest BCUT2D eigenvalue weighted by Gasteiger charge is 2.50. The Balaban J connectivity index is 1.28. The summed E-state index contributed by atoms with van der Waals surface area (Å²) in [6.07, 6.45) is 2.40. The number of fused-ring (bicyclic) bond motifs is 1. The van der Waals surface area contributed by atoms with Crippen molar-refractivity contribution in [1.29, 1.82) is 0 Å². The lowest BCUT2D eigenvalue weighted by Crippen LogP contribution is -2.62. The first-order chi connectivity index (χ1) is 30.5. The van der Waals surface area contributed by atoms with Crippen molar-refractivity contribution in [3.05, 3.63) is 172 Å². The second-order valence-corrected chi connectivity index (χ2v) is 15.9. The van der Waals surface area contributed by atoms with Crippen molar-refractivity contribution >= 4 is 16.6 Å². The first-order valence-electron chi connectivity index (χ1n) is 21.9. The van der Waals surface area contributed by atoms with Crippen LogP contribution in [0.3, 0.4) is 0 Å². The number of ether oxygens (including phenoxy) is 7. The van der Waals surface area contributed by atoms with Gasteiger partial charge in [0, 0.05) is 18.1 Å². The largest absolute Gasteiger partial charge is 0.485 e. The minimum Gasteiger partial charge on any atom is -0.485 e. The molecule has 0 aliphatic carbocycles. The van der Waals surface area contributed by atoms with Crippen molar-refractivity contribution in [1.82, 2.24) is 4.57 Å². The fraction of sp³-hybridized carbons (Fsp3) is 0.365. The highest BCUT2D eigenvalue weighted by molar-refractivity contribution is 5.90. The Bertz CT molecular complexity index is 2290. The van der Waals surface area contributed by atoms with Gasteiger partial charge in [0.1, 0.15) is 24.4 Å². The van der Waals surface area contributed by atoms with Crippen LogP contribution in [0.25, 0.3) is 10.9 Å². The highest BCUT2D eigenvalue weighted by Crippen LogP contribution is 2.38. The van der Waals surface area contributed by atoms with Gasteiger partial charge in [-0.3, -0.25) is 4.79 Å². The number of rotatable bonds is 23. The fourth-order valence-corrected chi connectivity index (χ4v) is 7.76. The summed E-state index contributed by atoms with van der Waals surface area (Å²) < 4.78 is 49.2. The number of hydrogen-bond donors (Lipinski definition) is 1. The summed E-state index contributed by atoms with van der Waals surface area (Å²) >= 11 is 0. The molecule has 5 aromatic carbocycles. The van der Waals surface area contributed by atoms with Crippen LogP contribution in [0.5, 0.6) is 11.5 Å². The normalized spacial score (nSPS) is 18.8. The van der Waals surface area contributed by atoms with Crippen molar-refractivity contribution < 1.29 is 33.2 Å². The second kappa shape index (κ2) is 23.1. The first-order valence-corrected chi connectivity index (χ1v) is 21.9. The van der Waals surface area contributed by atoms with Crippen LogP contribution in [0.1, 0.15) is 67.7 Å². The smallest absolute Gasteiger partial charge is 0.297 e. The number of nitrogen functional groups attached to an aromatic ring is 1. The van der Waals surface area contributed by atoms with Crippen LogP contribution in [0.2, 0.25) is 0 Å². The van der Waals surface area contributed by atoms with Crippen molar-refractivity contribution in [2.75, 3.05) is 18.9 Å². The summed E-state index contributed by atoms with van der Waals surface area (Å²) in [5, 5.41) is 0.644. The molecule has 7 rings (SSSR count). The van der Waals surface area contributed by atoms with Gasteiger partial charge in [0.2, 0.25) is 12.0 Å². The molecule has 0 radical (unpaired) electrons. The Kier molecular flexibility index (Phi) is 16.6. The van der Waals surface area contributed by atoms with Crippen LogP contribution in [-0.4, -0.2) is 48.5 Å². The quantitative estimate of drug-likeness (QED) is 0.0498. The maximum Gasteiger partial charge on any atom is 0.297 e. The summed E-state index contributed by atoms with van der Waals surface area (Å²) in [7, 11) is 1.72. The van der Waals surface area contributed by atoms with E-state index in [0.29, 0.717) is 36.4 Å². The van der Waals surface area contributed by atoms with Crippen LogP contribution >= 0.6 is 0 Å². The van der Waals surface area contributed by atoms with E-state index in [2.05, 4.69) is 6.92 Å². The molecule has 1 saturated heterocycles. The van der Waals surface area contributed by atoms with Crippen LogP contribution < -0.4 is 20.8 Å². The molecule has 326 valence electrons. The summed E-state index contributed by atoms with van der Waals surface area (Å²) in [6.45, 7) is 3.87. The van der Waals surface area contributed by atoms with E-state index in [1.165, 1.54) is 19.3 Å². The predicted octanol–water partition coefficient (Wildman–Crippen LogP) is 9.94. The maximum atomic E-state index is 14.3. The monoisotopic (exact) mass is 840 g/mol. The lowest BCUT2D eigenvalue weighted by Gasteiger charge is -2.45. The van der Waals surface area contributed by atoms with Gasteiger partial charge in [-0.15, -0.1) is 0 Å². The molecule has 1 aromatic heterocycles. The van der Waals surface area contributed by atoms with E-state index >= 15 is 0 Å². The van der Waals surface area contributed by atoms with Crippen LogP contribution in [0.4, 0.5) is 5.69 Å². The molecule has 2 N–H and O–H groups in total. The summed E-state index contributed by atoms with van der Waals surface area (Å²) in [4.78, 5) is 14.3. The highest BCUT2D eigenvalue weighted by atomic mass is 16.7. The number of benzene rings is 5. The lowest BCUT2D eigenvalue weighted by molar-refractivity contribution is -0.310. The molecule has 6 aromatic rings. The minimum atomic E-state index is -1.11. The van der Waals surface area contributed by atoms with Crippen molar-refractivity contribution in [2.45, 2.75) is 103 Å². The Morgan fingerprint density at radius 3 is 1.69 bits per heavy atom. The predicted molar refractivity (Wildman–Crippen MR) is 243 cm³/mol. The Morgan fingerprint density at radius 2 is 1.11 bits per heavy atom. The molecule has 2 heterocycles.